The first-order valence-electron chi connectivity index (χ1n) is 4.62. The van der Waals surface area contributed by atoms with Crippen LogP contribution in [0.5, 0.6) is 0 Å². The molecule has 0 unspecified atom stereocenters. The summed E-state index contributed by atoms with van der Waals surface area (Å²) in [5.41, 5.74) is 0.758. The zero-order valence-corrected chi connectivity index (χ0v) is 7.57. The Morgan fingerprint density at radius 1 is 1.46 bits per heavy atom. The summed E-state index contributed by atoms with van der Waals surface area (Å²) in [6.45, 7) is 1.77. The SMILES string of the molecule is C[C@@H](O)[C@H]1C[C@@H]1c1ccccc1F. The van der Waals surface area contributed by atoms with E-state index < -0.39 is 0 Å². The highest BCUT2D eigenvalue weighted by molar-refractivity contribution is 5.27. The fraction of sp³-hybridized carbons (Fsp3) is 0.455. The third-order valence-corrected chi connectivity index (χ3v) is 2.76. The van der Waals surface area contributed by atoms with Crippen molar-refractivity contribution in [2.45, 2.75) is 25.4 Å². The van der Waals surface area contributed by atoms with Gasteiger partial charge < -0.3 is 5.11 Å². The molecule has 13 heavy (non-hydrogen) atoms. The molecule has 0 heterocycles. The minimum Gasteiger partial charge on any atom is -0.393 e. The first-order valence-corrected chi connectivity index (χ1v) is 4.62. The van der Waals surface area contributed by atoms with Crippen LogP contribution in [0.15, 0.2) is 24.3 Å². The van der Waals surface area contributed by atoms with Gasteiger partial charge in [0.05, 0.1) is 6.10 Å². The summed E-state index contributed by atoms with van der Waals surface area (Å²) in [5, 5.41) is 9.29. The zero-order chi connectivity index (χ0) is 9.42. The third kappa shape index (κ3) is 1.59. The van der Waals surface area contributed by atoms with Crippen molar-refractivity contribution < 1.29 is 9.50 Å². The number of rotatable bonds is 2. The molecule has 3 atom stereocenters. The van der Waals surface area contributed by atoms with E-state index >= 15 is 0 Å². The Morgan fingerprint density at radius 3 is 2.69 bits per heavy atom. The van der Waals surface area contributed by atoms with Crippen LogP contribution in [-0.4, -0.2) is 11.2 Å². The first kappa shape index (κ1) is 8.70. The Bertz CT molecular complexity index is 309. The summed E-state index contributed by atoms with van der Waals surface area (Å²) >= 11 is 0. The van der Waals surface area contributed by atoms with Crippen LogP contribution in [0, 0.1) is 11.7 Å². The molecule has 1 nitrogen and oxygen atoms in total. The lowest BCUT2D eigenvalue weighted by Gasteiger charge is -2.03. The largest absolute Gasteiger partial charge is 0.393 e. The van der Waals surface area contributed by atoms with Gasteiger partial charge in [-0.2, -0.15) is 0 Å². The Hall–Kier alpha value is -0.890. The molecule has 1 N–H and O–H groups in total. The summed E-state index contributed by atoms with van der Waals surface area (Å²) in [6.07, 6.45) is 0.600. The second-order valence-electron chi connectivity index (χ2n) is 3.77. The molecule has 0 bridgehead atoms. The molecule has 1 fully saturated rings. The lowest BCUT2D eigenvalue weighted by atomic mass is 10.1. The molecule has 2 heteroatoms. The molecule has 70 valence electrons. The summed E-state index contributed by atoms with van der Waals surface area (Å²) in [7, 11) is 0. The van der Waals surface area contributed by atoms with Crippen molar-refractivity contribution >= 4 is 0 Å². The maximum Gasteiger partial charge on any atom is 0.126 e. The molecule has 1 aromatic rings. The molecular weight excluding hydrogens is 167 g/mol. The number of hydrogen-bond acceptors (Lipinski definition) is 1. The fourth-order valence-corrected chi connectivity index (χ4v) is 1.88. The average Bonchev–Trinajstić information content (AvgIpc) is 2.84. The van der Waals surface area contributed by atoms with E-state index in [1.165, 1.54) is 6.07 Å². The van der Waals surface area contributed by atoms with Gasteiger partial charge in [0.15, 0.2) is 0 Å². The summed E-state index contributed by atoms with van der Waals surface area (Å²) in [5.74, 6) is 0.355. The molecule has 0 radical (unpaired) electrons. The minimum atomic E-state index is -0.315. The molecule has 0 saturated heterocycles. The molecule has 0 amide bonds. The van der Waals surface area contributed by atoms with Crippen molar-refractivity contribution in [3.8, 4) is 0 Å². The van der Waals surface area contributed by atoms with E-state index in [0.29, 0.717) is 0 Å². The van der Waals surface area contributed by atoms with Crippen molar-refractivity contribution in [1.82, 2.24) is 0 Å². The second-order valence-corrected chi connectivity index (χ2v) is 3.77. The number of aliphatic hydroxyl groups is 1. The number of benzene rings is 1. The van der Waals surface area contributed by atoms with Crippen LogP contribution in [0.4, 0.5) is 4.39 Å². The van der Waals surface area contributed by atoms with Gasteiger partial charge in [-0.1, -0.05) is 18.2 Å². The van der Waals surface area contributed by atoms with Gasteiger partial charge in [-0.05, 0) is 36.8 Å². The molecule has 0 aliphatic heterocycles. The topological polar surface area (TPSA) is 20.2 Å². The monoisotopic (exact) mass is 180 g/mol. The van der Waals surface area contributed by atoms with Gasteiger partial charge in [0, 0.05) is 0 Å². The van der Waals surface area contributed by atoms with Crippen LogP contribution in [0.25, 0.3) is 0 Å². The maximum absolute atomic E-state index is 13.2. The molecule has 0 spiro atoms. The second kappa shape index (κ2) is 3.11. The standard InChI is InChI=1S/C11H13FO/c1-7(13)9-6-10(9)8-4-2-3-5-11(8)12/h2-5,7,9-10,13H,6H2,1H3/t7-,9-,10-/m1/s1. The van der Waals surface area contributed by atoms with E-state index in [-0.39, 0.29) is 23.8 Å². The van der Waals surface area contributed by atoms with Gasteiger partial charge in [-0.15, -0.1) is 0 Å². The maximum atomic E-state index is 13.2. The first-order chi connectivity index (χ1) is 6.20. The lowest BCUT2D eigenvalue weighted by molar-refractivity contribution is 0.168. The summed E-state index contributed by atoms with van der Waals surface area (Å²) in [4.78, 5) is 0. The zero-order valence-electron chi connectivity index (χ0n) is 7.57. The predicted octanol–water partition coefficient (Wildman–Crippen LogP) is 2.31. The van der Waals surface area contributed by atoms with Gasteiger partial charge >= 0.3 is 0 Å². The Kier molecular flexibility index (Phi) is 2.08. The van der Waals surface area contributed by atoms with Crippen LogP contribution in [-0.2, 0) is 0 Å². The quantitative estimate of drug-likeness (QED) is 0.740. The summed E-state index contributed by atoms with van der Waals surface area (Å²) in [6, 6.07) is 6.82. The number of halogens is 1. The predicted molar refractivity (Wildman–Crippen MR) is 48.9 cm³/mol. The average molecular weight is 180 g/mol. The van der Waals surface area contributed by atoms with Crippen molar-refractivity contribution in [3.63, 3.8) is 0 Å². The smallest absolute Gasteiger partial charge is 0.126 e. The van der Waals surface area contributed by atoms with Crippen molar-refractivity contribution in [1.29, 1.82) is 0 Å². The fourth-order valence-electron chi connectivity index (χ4n) is 1.88. The van der Waals surface area contributed by atoms with Gasteiger partial charge in [0.1, 0.15) is 5.82 Å². The van der Waals surface area contributed by atoms with E-state index in [4.69, 9.17) is 0 Å². The Morgan fingerprint density at radius 2 is 2.15 bits per heavy atom. The molecular formula is C11H13FO. The lowest BCUT2D eigenvalue weighted by Crippen LogP contribution is -2.04. The molecule has 1 aromatic carbocycles. The minimum absolute atomic E-state index is 0.143. The highest BCUT2D eigenvalue weighted by Gasteiger charge is 2.42. The Labute approximate surface area is 77.2 Å². The van der Waals surface area contributed by atoms with Gasteiger partial charge in [-0.25, -0.2) is 4.39 Å². The molecule has 1 aliphatic rings. The van der Waals surface area contributed by atoms with Crippen LogP contribution in [0.3, 0.4) is 0 Å². The number of hydrogen-bond donors (Lipinski definition) is 1. The van der Waals surface area contributed by atoms with Crippen LogP contribution < -0.4 is 0 Å². The van der Waals surface area contributed by atoms with Crippen molar-refractivity contribution in [3.05, 3.63) is 35.6 Å². The van der Waals surface area contributed by atoms with Gasteiger partial charge in [-0.3, -0.25) is 0 Å². The van der Waals surface area contributed by atoms with Gasteiger partial charge in [0.25, 0.3) is 0 Å². The van der Waals surface area contributed by atoms with E-state index in [9.17, 15) is 9.50 Å². The van der Waals surface area contributed by atoms with Crippen molar-refractivity contribution in [2.75, 3.05) is 0 Å². The molecule has 2 rings (SSSR count). The molecule has 1 saturated carbocycles. The Balaban J connectivity index is 2.16. The van der Waals surface area contributed by atoms with Crippen molar-refractivity contribution in [2.24, 2.45) is 5.92 Å². The highest BCUT2D eigenvalue weighted by Crippen LogP contribution is 2.49. The molecule has 0 aromatic heterocycles. The van der Waals surface area contributed by atoms with Gasteiger partial charge in [0.2, 0.25) is 0 Å². The van der Waals surface area contributed by atoms with E-state index in [2.05, 4.69) is 0 Å². The van der Waals surface area contributed by atoms with E-state index in [0.717, 1.165) is 12.0 Å². The van der Waals surface area contributed by atoms with E-state index in [1.54, 1.807) is 13.0 Å². The van der Waals surface area contributed by atoms with Crippen LogP contribution in [0.1, 0.15) is 24.8 Å². The van der Waals surface area contributed by atoms with Crippen LogP contribution >= 0.6 is 0 Å². The van der Waals surface area contributed by atoms with Crippen LogP contribution in [0.2, 0.25) is 0 Å². The molecule has 1 aliphatic carbocycles. The third-order valence-electron chi connectivity index (χ3n) is 2.76. The number of aliphatic hydroxyl groups excluding tert-OH is 1. The highest BCUT2D eigenvalue weighted by atomic mass is 19.1. The van der Waals surface area contributed by atoms with E-state index in [1.807, 2.05) is 12.1 Å². The summed E-state index contributed by atoms with van der Waals surface area (Å²) < 4.78 is 13.2. The normalized spacial score (nSPS) is 28.5.